The van der Waals surface area contributed by atoms with Crippen molar-refractivity contribution in [2.45, 2.75) is 19.9 Å². The van der Waals surface area contributed by atoms with Gasteiger partial charge >= 0.3 is 5.97 Å². The predicted octanol–water partition coefficient (Wildman–Crippen LogP) is 0.666. The van der Waals surface area contributed by atoms with Gasteiger partial charge in [-0.25, -0.2) is 4.98 Å². The number of amides is 1. The SMILES string of the molecule is CC(=O)Nc1nc(CNCCC(=O)O)cs1. The van der Waals surface area contributed by atoms with Crippen LogP contribution in [0.1, 0.15) is 19.0 Å². The maximum absolute atomic E-state index is 10.7. The van der Waals surface area contributed by atoms with Crippen LogP contribution in [0.5, 0.6) is 0 Å². The van der Waals surface area contributed by atoms with E-state index in [1.165, 1.54) is 18.3 Å². The van der Waals surface area contributed by atoms with Crippen molar-refractivity contribution in [1.29, 1.82) is 0 Å². The highest BCUT2D eigenvalue weighted by atomic mass is 32.1. The van der Waals surface area contributed by atoms with Crippen LogP contribution >= 0.6 is 11.3 Å². The van der Waals surface area contributed by atoms with Crippen LogP contribution in [0.3, 0.4) is 0 Å². The van der Waals surface area contributed by atoms with E-state index >= 15 is 0 Å². The number of thiazole rings is 1. The molecule has 0 unspecified atom stereocenters. The van der Waals surface area contributed by atoms with Crippen molar-refractivity contribution >= 4 is 28.3 Å². The molecule has 0 bridgehead atoms. The number of anilines is 1. The lowest BCUT2D eigenvalue weighted by molar-refractivity contribution is -0.136. The predicted molar refractivity (Wildman–Crippen MR) is 60.4 cm³/mol. The summed E-state index contributed by atoms with van der Waals surface area (Å²) in [4.78, 5) is 25.1. The van der Waals surface area contributed by atoms with Crippen LogP contribution in [-0.4, -0.2) is 28.5 Å². The molecule has 3 N–H and O–H groups in total. The number of nitrogens with zero attached hydrogens (tertiary/aromatic N) is 1. The number of carboxylic acids is 1. The molecular formula is C9H13N3O3S. The van der Waals surface area contributed by atoms with Gasteiger partial charge in [0.05, 0.1) is 12.1 Å². The standard InChI is InChI=1S/C9H13N3O3S/c1-6(13)11-9-12-7(5-16-9)4-10-3-2-8(14)15/h5,10H,2-4H2,1H3,(H,14,15)(H,11,12,13). The van der Waals surface area contributed by atoms with Crippen LogP contribution in [0.4, 0.5) is 5.13 Å². The molecule has 1 aromatic rings. The summed E-state index contributed by atoms with van der Waals surface area (Å²) in [5, 5.41) is 16.3. The van der Waals surface area contributed by atoms with Crippen LogP contribution in [-0.2, 0) is 16.1 Å². The second-order valence-corrected chi connectivity index (χ2v) is 4.00. The third-order valence-electron chi connectivity index (χ3n) is 1.66. The van der Waals surface area contributed by atoms with Gasteiger partial charge in [-0.15, -0.1) is 11.3 Å². The molecule has 0 fully saturated rings. The van der Waals surface area contributed by atoms with Gasteiger partial charge in [0.15, 0.2) is 5.13 Å². The smallest absolute Gasteiger partial charge is 0.304 e. The summed E-state index contributed by atoms with van der Waals surface area (Å²) in [6.45, 7) is 2.33. The number of carbonyl (C=O) groups excluding carboxylic acids is 1. The molecule has 0 saturated heterocycles. The summed E-state index contributed by atoms with van der Waals surface area (Å²) >= 11 is 1.34. The van der Waals surface area contributed by atoms with Crippen LogP contribution in [0.15, 0.2) is 5.38 Å². The summed E-state index contributed by atoms with van der Waals surface area (Å²) in [7, 11) is 0. The molecule has 0 spiro atoms. The molecule has 0 atom stereocenters. The molecule has 6 nitrogen and oxygen atoms in total. The van der Waals surface area contributed by atoms with Crippen molar-refractivity contribution in [3.8, 4) is 0 Å². The molecule has 7 heteroatoms. The second kappa shape index (κ2) is 6.19. The molecule has 0 aliphatic heterocycles. The number of hydrogen-bond acceptors (Lipinski definition) is 5. The molecule has 88 valence electrons. The average Bonchev–Trinajstić information content (AvgIpc) is 2.59. The Hall–Kier alpha value is -1.47. The van der Waals surface area contributed by atoms with Crippen LogP contribution in [0, 0.1) is 0 Å². The Kier molecular flexibility index (Phi) is 4.87. The number of hydrogen-bond donors (Lipinski definition) is 3. The average molecular weight is 243 g/mol. The van der Waals surface area contributed by atoms with Gasteiger partial charge in [-0.1, -0.05) is 0 Å². The van der Waals surface area contributed by atoms with Crippen molar-refractivity contribution in [3.63, 3.8) is 0 Å². The van der Waals surface area contributed by atoms with Crippen LogP contribution in [0.25, 0.3) is 0 Å². The van der Waals surface area contributed by atoms with Crippen molar-refractivity contribution in [3.05, 3.63) is 11.1 Å². The van der Waals surface area contributed by atoms with Crippen molar-refractivity contribution < 1.29 is 14.7 Å². The number of aromatic nitrogens is 1. The zero-order chi connectivity index (χ0) is 12.0. The van der Waals surface area contributed by atoms with E-state index in [-0.39, 0.29) is 12.3 Å². The van der Waals surface area contributed by atoms with E-state index < -0.39 is 5.97 Å². The van der Waals surface area contributed by atoms with Gasteiger partial charge < -0.3 is 15.7 Å². The molecule has 0 aliphatic rings. The number of carbonyl (C=O) groups is 2. The van der Waals surface area contributed by atoms with Gasteiger partial charge in [0.1, 0.15) is 0 Å². The van der Waals surface area contributed by atoms with E-state index in [1.807, 2.05) is 5.38 Å². The van der Waals surface area contributed by atoms with Crippen LogP contribution < -0.4 is 10.6 Å². The van der Waals surface area contributed by atoms with E-state index in [2.05, 4.69) is 15.6 Å². The van der Waals surface area contributed by atoms with Gasteiger partial charge in [0.25, 0.3) is 0 Å². The Bertz CT molecular complexity index is 378. The molecule has 0 aliphatic carbocycles. The zero-order valence-corrected chi connectivity index (χ0v) is 9.63. The van der Waals surface area contributed by atoms with Crippen molar-refractivity contribution in [1.82, 2.24) is 10.3 Å². The maximum Gasteiger partial charge on any atom is 0.304 e. The Morgan fingerprint density at radius 3 is 2.94 bits per heavy atom. The minimum atomic E-state index is -0.829. The second-order valence-electron chi connectivity index (χ2n) is 3.15. The molecule has 0 saturated carbocycles. The highest BCUT2D eigenvalue weighted by Crippen LogP contribution is 2.14. The third-order valence-corrected chi connectivity index (χ3v) is 2.46. The quantitative estimate of drug-likeness (QED) is 0.639. The van der Waals surface area contributed by atoms with Gasteiger partial charge in [-0.3, -0.25) is 9.59 Å². The molecule has 1 amide bonds. The molecule has 1 heterocycles. The number of carboxylic acid groups (broad SMARTS) is 1. The minimum Gasteiger partial charge on any atom is -0.481 e. The Balaban J connectivity index is 2.29. The van der Waals surface area contributed by atoms with Gasteiger partial charge in [0, 0.05) is 25.4 Å². The van der Waals surface area contributed by atoms with Crippen molar-refractivity contribution in [2.75, 3.05) is 11.9 Å². The van der Waals surface area contributed by atoms with E-state index in [1.54, 1.807) is 0 Å². The van der Waals surface area contributed by atoms with E-state index in [0.717, 1.165) is 5.69 Å². The lowest BCUT2D eigenvalue weighted by atomic mass is 10.4. The maximum atomic E-state index is 10.7. The summed E-state index contributed by atoms with van der Waals surface area (Å²) < 4.78 is 0. The first-order valence-electron chi connectivity index (χ1n) is 4.72. The number of nitrogens with one attached hydrogen (secondary N) is 2. The van der Waals surface area contributed by atoms with E-state index in [0.29, 0.717) is 18.2 Å². The Labute approximate surface area is 96.7 Å². The van der Waals surface area contributed by atoms with E-state index in [4.69, 9.17) is 5.11 Å². The highest BCUT2D eigenvalue weighted by Gasteiger charge is 2.03. The van der Waals surface area contributed by atoms with Crippen LogP contribution in [0.2, 0.25) is 0 Å². The molecule has 16 heavy (non-hydrogen) atoms. The van der Waals surface area contributed by atoms with E-state index in [9.17, 15) is 9.59 Å². The summed E-state index contributed by atoms with van der Waals surface area (Å²) in [5.74, 6) is -0.982. The monoisotopic (exact) mass is 243 g/mol. The Morgan fingerprint density at radius 2 is 2.31 bits per heavy atom. The van der Waals surface area contributed by atoms with Gasteiger partial charge in [-0.05, 0) is 0 Å². The zero-order valence-electron chi connectivity index (χ0n) is 8.82. The fourth-order valence-corrected chi connectivity index (χ4v) is 1.76. The van der Waals surface area contributed by atoms with Crippen molar-refractivity contribution in [2.24, 2.45) is 0 Å². The fourth-order valence-electron chi connectivity index (χ4n) is 1.01. The molecule has 0 radical (unpaired) electrons. The molecular weight excluding hydrogens is 230 g/mol. The molecule has 1 aromatic heterocycles. The third kappa shape index (κ3) is 4.85. The first-order chi connectivity index (χ1) is 7.58. The first kappa shape index (κ1) is 12.6. The summed E-state index contributed by atoms with van der Waals surface area (Å²) in [6, 6.07) is 0. The normalized spacial score (nSPS) is 10.1. The highest BCUT2D eigenvalue weighted by molar-refractivity contribution is 7.13. The number of rotatable bonds is 6. The minimum absolute atomic E-state index is 0.0860. The largest absolute Gasteiger partial charge is 0.481 e. The fraction of sp³-hybridized carbons (Fsp3) is 0.444. The molecule has 0 aromatic carbocycles. The molecule has 1 rings (SSSR count). The summed E-state index contributed by atoms with van der Waals surface area (Å²) in [5.41, 5.74) is 0.791. The van der Waals surface area contributed by atoms with Gasteiger partial charge in [0.2, 0.25) is 5.91 Å². The number of aliphatic carboxylic acids is 1. The lowest BCUT2D eigenvalue weighted by Gasteiger charge is -1.99. The van der Waals surface area contributed by atoms with Gasteiger partial charge in [-0.2, -0.15) is 0 Å². The first-order valence-corrected chi connectivity index (χ1v) is 5.60. The topological polar surface area (TPSA) is 91.3 Å². The Morgan fingerprint density at radius 1 is 1.56 bits per heavy atom. The summed E-state index contributed by atoms with van der Waals surface area (Å²) in [6.07, 6.45) is 0.0860. The lowest BCUT2D eigenvalue weighted by Crippen LogP contribution is -2.17.